The second-order valence-electron chi connectivity index (χ2n) is 5.58. The molecule has 0 spiro atoms. The highest BCUT2D eigenvalue weighted by atomic mass is 16.2. The molecule has 1 fully saturated rings. The molecule has 3 heterocycles. The number of amides is 1. The fraction of sp³-hybridized carbons (Fsp3) is 0.438. The van der Waals surface area contributed by atoms with E-state index in [2.05, 4.69) is 21.5 Å². The van der Waals surface area contributed by atoms with Crippen LogP contribution in [0.4, 0.5) is 0 Å². The van der Waals surface area contributed by atoms with Crippen molar-refractivity contribution in [3.8, 4) is 11.5 Å². The van der Waals surface area contributed by atoms with Crippen molar-refractivity contribution in [1.29, 1.82) is 0 Å². The molecule has 2 aromatic heterocycles. The van der Waals surface area contributed by atoms with Gasteiger partial charge in [-0.25, -0.2) is 4.98 Å². The van der Waals surface area contributed by atoms with Gasteiger partial charge >= 0.3 is 0 Å². The number of carbonyl (C=O) groups excluding carboxylic acids is 1. The van der Waals surface area contributed by atoms with Gasteiger partial charge in [0.2, 0.25) is 5.91 Å². The van der Waals surface area contributed by atoms with E-state index in [1.165, 1.54) is 0 Å². The monoisotopic (exact) mass is 284 g/mol. The van der Waals surface area contributed by atoms with E-state index in [-0.39, 0.29) is 11.9 Å². The van der Waals surface area contributed by atoms with E-state index in [9.17, 15) is 4.79 Å². The van der Waals surface area contributed by atoms with Crippen molar-refractivity contribution >= 4 is 5.91 Å². The Bertz CT molecular complexity index is 632. The normalized spacial score (nSPS) is 18.5. The summed E-state index contributed by atoms with van der Waals surface area (Å²) in [6, 6.07) is 4.17. The second-order valence-corrected chi connectivity index (χ2v) is 5.58. The molecule has 1 saturated heterocycles. The number of nitrogens with zero attached hydrogens (tertiary/aromatic N) is 4. The number of hydrogen-bond donors (Lipinski definition) is 0. The van der Waals surface area contributed by atoms with Gasteiger partial charge in [0.1, 0.15) is 5.69 Å². The van der Waals surface area contributed by atoms with Gasteiger partial charge < -0.3 is 9.47 Å². The van der Waals surface area contributed by atoms with Crippen molar-refractivity contribution in [1.82, 2.24) is 19.4 Å². The first-order valence-electron chi connectivity index (χ1n) is 7.42. The Labute approximate surface area is 124 Å². The zero-order valence-electron chi connectivity index (χ0n) is 12.5. The minimum absolute atomic E-state index is 0.157. The van der Waals surface area contributed by atoms with Gasteiger partial charge in [-0.3, -0.25) is 9.78 Å². The Morgan fingerprint density at radius 1 is 1.33 bits per heavy atom. The third-order valence-electron chi connectivity index (χ3n) is 3.89. The summed E-state index contributed by atoms with van der Waals surface area (Å²) in [7, 11) is 0. The van der Waals surface area contributed by atoms with Gasteiger partial charge in [-0.1, -0.05) is 13.0 Å². The first kappa shape index (κ1) is 13.8. The number of imidazole rings is 1. The molecule has 1 amide bonds. The van der Waals surface area contributed by atoms with Crippen molar-refractivity contribution in [3.63, 3.8) is 0 Å². The lowest BCUT2D eigenvalue weighted by atomic mass is 10.2. The lowest BCUT2D eigenvalue weighted by Gasteiger charge is -2.17. The molecule has 0 N–H and O–H groups in total. The van der Waals surface area contributed by atoms with E-state index in [1.807, 2.05) is 36.4 Å². The standard InChI is InChI=1S/C16H20N4O/c1-3-7-19-11-13(9-15(19)21)20-8-6-17-16(20)14-5-4-12(2)10-18-14/h4-6,8,10,13H,3,7,9,11H2,1-2H3. The zero-order valence-corrected chi connectivity index (χ0v) is 12.5. The van der Waals surface area contributed by atoms with Crippen LogP contribution in [0.15, 0.2) is 30.7 Å². The molecule has 3 rings (SSSR count). The van der Waals surface area contributed by atoms with Crippen LogP contribution >= 0.6 is 0 Å². The molecule has 1 atom stereocenters. The topological polar surface area (TPSA) is 51.0 Å². The van der Waals surface area contributed by atoms with E-state index in [0.717, 1.165) is 36.6 Å². The summed E-state index contributed by atoms with van der Waals surface area (Å²) in [5, 5.41) is 0. The molecule has 5 heteroatoms. The molecule has 1 aliphatic rings. The van der Waals surface area contributed by atoms with Crippen LogP contribution in [0.2, 0.25) is 0 Å². The summed E-state index contributed by atoms with van der Waals surface area (Å²) in [5.41, 5.74) is 1.98. The Hall–Kier alpha value is -2.17. The minimum Gasteiger partial charge on any atom is -0.341 e. The first-order valence-corrected chi connectivity index (χ1v) is 7.42. The predicted molar refractivity (Wildman–Crippen MR) is 80.7 cm³/mol. The second kappa shape index (κ2) is 5.68. The van der Waals surface area contributed by atoms with Crippen molar-refractivity contribution in [3.05, 3.63) is 36.3 Å². The molecular weight excluding hydrogens is 264 g/mol. The molecule has 0 aliphatic carbocycles. The summed E-state index contributed by atoms with van der Waals surface area (Å²) in [6.07, 6.45) is 7.12. The molecule has 0 saturated carbocycles. The Balaban J connectivity index is 1.86. The summed E-state index contributed by atoms with van der Waals surface area (Å²) in [4.78, 5) is 22.9. The Morgan fingerprint density at radius 2 is 2.19 bits per heavy atom. The molecule has 1 unspecified atom stereocenters. The van der Waals surface area contributed by atoms with E-state index in [0.29, 0.717) is 6.42 Å². The van der Waals surface area contributed by atoms with Crippen molar-refractivity contribution < 1.29 is 4.79 Å². The van der Waals surface area contributed by atoms with E-state index >= 15 is 0 Å². The fourth-order valence-corrected chi connectivity index (χ4v) is 2.83. The van der Waals surface area contributed by atoms with E-state index in [1.54, 1.807) is 6.20 Å². The van der Waals surface area contributed by atoms with Crippen LogP contribution in [-0.2, 0) is 4.79 Å². The van der Waals surface area contributed by atoms with Gasteiger partial charge in [-0.15, -0.1) is 0 Å². The lowest BCUT2D eigenvalue weighted by molar-refractivity contribution is -0.127. The predicted octanol–water partition coefficient (Wildman–Crippen LogP) is 2.44. The molecule has 0 aromatic carbocycles. The highest BCUT2D eigenvalue weighted by molar-refractivity contribution is 5.79. The fourth-order valence-electron chi connectivity index (χ4n) is 2.83. The summed E-state index contributed by atoms with van der Waals surface area (Å²) in [5.74, 6) is 1.07. The summed E-state index contributed by atoms with van der Waals surface area (Å²) >= 11 is 0. The molecular formula is C16H20N4O. The van der Waals surface area contributed by atoms with Crippen LogP contribution in [0.3, 0.4) is 0 Å². The molecule has 0 bridgehead atoms. The number of carbonyl (C=O) groups is 1. The van der Waals surface area contributed by atoms with E-state index < -0.39 is 0 Å². The lowest BCUT2D eigenvalue weighted by Crippen LogP contribution is -2.26. The van der Waals surface area contributed by atoms with Gasteiger partial charge in [-0.05, 0) is 25.0 Å². The SMILES string of the molecule is CCCN1CC(n2ccnc2-c2ccc(C)cn2)CC1=O. The van der Waals surface area contributed by atoms with Crippen LogP contribution in [0.1, 0.15) is 31.4 Å². The maximum absolute atomic E-state index is 12.0. The highest BCUT2D eigenvalue weighted by Gasteiger charge is 2.31. The zero-order chi connectivity index (χ0) is 14.8. The summed E-state index contributed by atoms with van der Waals surface area (Å²) in [6.45, 7) is 5.71. The highest BCUT2D eigenvalue weighted by Crippen LogP contribution is 2.27. The van der Waals surface area contributed by atoms with Crippen LogP contribution in [-0.4, -0.2) is 38.4 Å². The molecule has 1 aliphatic heterocycles. The number of rotatable bonds is 4. The van der Waals surface area contributed by atoms with Crippen LogP contribution in [0, 0.1) is 6.92 Å². The van der Waals surface area contributed by atoms with Crippen LogP contribution < -0.4 is 0 Å². The van der Waals surface area contributed by atoms with Crippen LogP contribution in [0.5, 0.6) is 0 Å². The van der Waals surface area contributed by atoms with Crippen molar-refractivity contribution in [2.45, 2.75) is 32.7 Å². The Kier molecular flexibility index (Phi) is 3.73. The van der Waals surface area contributed by atoms with E-state index in [4.69, 9.17) is 0 Å². The molecule has 5 nitrogen and oxygen atoms in total. The average Bonchev–Trinajstić information content (AvgIpc) is 3.08. The third kappa shape index (κ3) is 2.68. The maximum Gasteiger partial charge on any atom is 0.224 e. The number of hydrogen-bond acceptors (Lipinski definition) is 3. The van der Waals surface area contributed by atoms with Gasteiger partial charge in [0, 0.05) is 38.1 Å². The molecule has 2 aromatic rings. The van der Waals surface area contributed by atoms with Gasteiger partial charge in [-0.2, -0.15) is 0 Å². The summed E-state index contributed by atoms with van der Waals surface area (Å²) < 4.78 is 2.09. The Morgan fingerprint density at radius 3 is 2.90 bits per heavy atom. The number of pyridine rings is 1. The van der Waals surface area contributed by atoms with Gasteiger partial charge in [0.05, 0.1) is 6.04 Å². The van der Waals surface area contributed by atoms with Gasteiger partial charge in [0.15, 0.2) is 5.82 Å². The van der Waals surface area contributed by atoms with Gasteiger partial charge in [0.25, 0.3) is 0 Å². The minimum atomic E-state index is 0.157. The molecule has 0 radical (unpaired) electrons. The first-order chi connectivity index (χ1) is 10.2. The molecule has 110 valence electrons. The van der Waals surface area contributed by atoms with Crippen molar-refractivity contribution in [2.24, 2.45) is 0 Å². The quantitative estimate of drug-likeness (QED) is 0.866. The third-order valence-corrected chi connectivity index (χ3v) is 3.89. The van der Waals surface area contributed by atoms with Crippen LogP contribution in [0.25, 0.3) is 11.5 Å². The average molecular weight is 284 g/mol. The number of aryl methyl sites for hydroxylation is 1. The smallest absolute Gasteiger partial charge is 0.224 e. The largest absolute Gasteiger partial charge is 0.341 e. The maximum atomic E-state index is 12.0. The molecule has 21 heavy (non-hydrogen) atoms. The number of aromatic nitrogens is 3. The number of likely N-dealkylation sites (tertiary alicyclic amines) is 1. The van der Waals surface area contributed by atoms with Crippen molar-refractivity contribution in [2.75, 3.05) is 13.1 Å².